The summed E-state index contributed by atoms with van der Waals surface area (Å²) in [6, 6.07) is 8.23. The first kappa shape index (κ1) is 17.3. The number of nitrogens with zero attached hydrogens (tertiary/aromatic N) is 2. The molecule has 0 bridgehead atoms. The maximum atomic E-state index is 12.6. The van der Waals surface area contributed by atoms with E-state index < -0.39 is 0 Å². The van der Waals surface area contributed by atoms with Crippen LogP contribution in [0.15, 0.2) is 24.3 Å². The van der Waals surface area contributed by atoms with Crippen LogP contribution in [-0.4, -0.2) is 45.2 Å². The van der Waals surface area contributed by atoms with E-state index in [9.17, 15) is 4.79 Å². The minimum Gasteiger partial charge on any atom is -0.341 e. The summed E-state index contributed by atoms with van der Waals surface area (Å²) in [4.78, 5) is 22.6. The lowest BCUT2D eigenvalue weighted by molar-refractivity contribution is -0.132. The van der Waals surface area contributed by atoms with E-state index in [4.69, 9.17) is 5.73 Å². The molecule has 24 heavy (non-hydrogen) atoms. The smallest absolute Gasteiger partial charge is 0.232 e. The second-order valence-corrected chi connectivity index (χ2v) is 7.93. The number of amides is 1. The zero-order valence-corrected chi connectivity index (χ0v) is 15.2. The number of carbonyl (C=O) groups is 1. The van der Waals surface area contributed by atoms with Gasteiger partial charge in [-0.15, -0.1) is 11.8 Å². The van der Waals surface area contributed by atoms with Gasteiger partial charge in [-0.25, -0.2) is 4.98 Å². The molecule has 2 heterocycles. The molecular weight excluding hydrogens is 320 g/mol. The van der Waals surface area contributed by atoms with Crippen LogP contribution in [0.25, 0.3) is 11.0 Å². The Hall–Kier alpha value is -1.53. The first-order valence-corrected chi connectivity index (χ1v) is 9.72. The van der Waals surface area contributed by atoms with Gasteiger partial charge < -0.3 is 15.6 Å². The number of likely N-dealkylation sites (tertiary alicyclic amines) is 1. The molecule has 1 aromatic carbocycles. The van der Waals surface area contributed by atoms with E-state index in [1.165, 1.54) is 6.42 Å². The Morgan fingerprint density at radius 2 is 2.21 bits per heavy atom. The van der Waals surface area contributed by atoms with Crippen molar-refractivity contribution < 1.29 is 4.79 Å². The van der Waals surface area contributed by atoms with Gasteiger partial charge in [-0.2, -0.15) is 0 Å². The number of carbonyl (C=O) groups excluding carboxylic acids is 1. The average Bonchev–Trinajstić information content (AvgIpc) is 3.03. The van der Waals surface area contributed by atoms with Crippen molar-refractivity contribution in [3.05, 3.63) is 30.1 Å². The second-order valence-electron chi connectivity index (χ2n) is 6.60. The predicted molar refractivity (Wildman–Crippen MR) is 100.0 cm³/mol. The van der Waals surface area contributed by atoms with Gasteiger partial charge in [0.1, 0.15) is 5.82 Å². The number of imidazole rings is 1. The molecule has 1 aliphatic rings. The maximum Gasteiger partial charge on any atom is 0.232 e. The number of nitrogens with two attached hydrogens (primary N) is 1. The monoisotopic (exact) mass is 346 g/mol. The van der Waals surface area contributed by atoms with Crippen molar-refractivity contribution in [2.45, 2.75) is 50.4 Å². The second kappa shape index (κ2) is 7.57. The summed E-state index contributed by atoms with van der Waals surface area (Å²) in [5.74, 6) is 1.60. The summed E-state index contributed by atoms with van der Waals surface area (Å²) in [7, 11) is 0. The molecule has 0 aliphatic carbocycles. The van der Waals surface area contributed by atoms with Gasteiger partial charge in [0.05, 0.1) is 22.0 Å². The molecule has 130 valence electrons. The number of aromatic nitrogens is 2. The first-order chi connectivity index (χ1) is 11.6. The van der Waals surface area contributed by atoms with Crippen molar-refractivity contribution >= 4 is 28.7 Å². The molecule has 0 saturated carbocycles. The molecule has 1 saturated heterocycles. The molecule has 0 spiro atoms. The van der Waals surface area contributed by atoms with Crippen LogP contribution < -0.4 is 5.73 Å². The van der Waals surface area contributed by atoms with E-state index in [0.29, 0.717) is 5.75 Å². The highest BCUT2D eigenvalue weighted by Gasteiger charge is 2.29. The maximum absolute atomic E-state index is 12.6. The minimum absolute atomic E-state index is 0.0343. The molecule has 1 aliphatic heterocycles. The summed E-state index contributed by atoms with van der Waals surface area (Å²) >= 11 is 1.63. The van der Waals surface area contributed by atoms with E-state index in [0.717, 1.165) is 36.2 Å². The molecule has 2 aromatic rings. The highest BCUT2D eigenvalue weighted by atomic mass is 32.2. The molecule has 1 aromatic heterocycles. The van der Waals surface area contributed by atoms with Gasteiger partial charge >= 0.3 is 0 Å². The fraction of sp³-hybridized carbons (Fsp3) is 0.556. The Balaban J connectivity index is 1.60. The Labute approximate surface area is 147 Å². The molecule has 0 radical (unpaired) electrons. The lowest BCUT2D eigenvalue weighted by Crippen LogP contribution is -2.52. The van der Waals surface area contributed by atoms with E-state index in [2.05, 4.69) is 16.9 Å². The van der Waals surface area contributed by atoms with Gasteiger partial charge in [0.2, 0.25) is 5.91 Å². The lowest BCUT2D eigenvalue weighted by atomic mass is 9.97. The summed E-state index contributed by atoms with van der Waals surface area (Å²) < 4.78 is 0. The zero-order chi connectivity index (χ0) is 17.1. The summed E-state index contributed by atoms with van der Waals surface area (Å²) in [6.45, 7) is 4.93. The summed E-state index contributed by atoms with van der Waals surface area (Å²) in [6.07, 6.45) is 3.27. The molecule has 1 amide bonds. The fourth-order valence-electron chi connectivity index (χ4n) is 3.34. The van der Waals surface area contributed by atoms with Crippen LogP contribution in [0, 0.1) is 0 Å². The van der Waals surface area contributed by atoms with Crippen LogP contribution in [0.3, 0.4) is 0 Å². The van der Waals surface area contributed by atoms with Gasteiger partial charge in [-0.05, 0) is 45.2 Å². The Kier molecular flexibility index (Phi) is 5.46. The SMILES string of the molecule is CC(SCC(=O)N1CCCCC1C(C)N)c1nc2ccccc2[nH]1. The van der Waals surface area contributed by atoms with E-state index in [-0.39, 0.29) is 23.2 Å². The van der Waals surface area contributed by atoms with Crippen LogP contribution >= 0.6 is 11.8 Å². The number of benzene rings is 1. The van der Waals surface area contributed by atoms with Crippen LogP contribution in [0.2, 0.25) is 0 Å². The van der Waals surface area contributed by atoms with Crippen LogP contribution in [0.4, 0.5) is 0 Å². The number of aromatic amines is 1. The van der Waals surface area contributed by atoms with Gasteiger partial charge in [-0.1, -0.05) is 12.1 Å². The first-order valence-electron chi connectivity index (χ1n) is 8.67. The van der Waals surface area contributed by atoms with Gasteiger partial charge in [0.25, 0.3) is 0 Å². The topological polar surface area (TPSA) is 75.0 Å². The van der Waals surface area contributed by atoms with Crippen molar-refractivity contribution in [1.82, 2.24) is 14.9 Å². The summed E-state index contributed by atoms with van der Waals surface area (Å²) in [5, 5.41) is 0.153. The van der Waals surface area contributed by atoms with Crippen molar-refractivity contribution in [1.29, 1.82) is 0 Å². The third-order valence-electron chi connectivity index (χ3n) is 4.73. The zero-order valence-electron chi connectivity index (χ0n) is 14.4. The van der Waals surface area contributed by atoms with Gasteiger partial charge in [0, 0.05) is 18.6 Å². The van der Waals surface area contributed by atoms with Gasteiger partial charge in [-0.3, -0.25) is 4.79 Å². The summed E-state index contributed by atoms with van der Waals surface area (Å²) in [5.41, 5.74) is 8.08. The number of hydrogen-bond donors (Lipinski definition) is 2. The van der Waals surface area contributed by atoms with E-state index >= 15 is 0 Å². The fourth-order valence-corrected chi connectivity index (χ4v) is 4.16. The number of fused-ring (bicyclic) bond motifs is 1. The van der Waals surface area contributed by atoms with Crippen molar-refractivity contribution in [2.75, 3.05) is 12.3 Å². The minimum atomic E-state index is 0.0343. The predicted octanol–water partition coefficient (Wildman–Crippen LogP) is 3.09. The van der Waals surface area contributed by atoms with Crippen LogP contribution in [0.1, 0.15) is 44.2 Å². The van der Waals surface area contributed by atoms with E-state index in [1.54, 1.807) is 11.8 Å². The molecule has 3 rings (SSSR count). The number of hydrogen-bond acceptors (Lipinski definition) is 4. The molecule has 1 fully saturated rings. The third kappa shape index (κ3) is 3.75. The number of para-hydroxylation sites is 2. The van der Waals surface area contributed by atoms with Crippen molar-refractivity contribution in [3.63, 3.8) is 0 Å². The molecule has 3 N–H and O–H groups in total. The Bertz CT molecular complexity index is 666. The quantitative estimate of drug-likeness (QED) is 0.872. The standard InChI is InChI=1S/C18H26N4OS/c1-12(19)16-9-5-6-10-22(16)17(23)11-24-13(2)18-20-14-7-3-4-8-15(14)21-18/h3-4,7-8,12-13,16H,5-6,9-11,19H2,1-2H3,(H,20,21). The normalized spacial score (nSPS) is 21.0. The molecule has 3 unspecified atom stereocenters. The van der Waals surface area contributed by atoms with Crippen LogP contribution in [0.5, 0.6) is 0 Å². The highest BCUT2D eigenvalue weighted by molar-refractivity contribution is 8.00. The van der Waals surface area contributed by atoms with Gasteiger partial charge in [0.15, 0.2) is 0 Å². The average molecular weight is 346 g/mol. The van der Waals surface area contributed by atoms with Crippen molar-refractivity contribution in [2.24, 2.45) is 5.73 Å². The molecule has 3 atom stereocenters. The molecule has 6 heteroatoms. The number of piperidine rings is 1. The Morgan fingerprint density at radius 3 is 2.96 bits per heavy atom. The Morgan fingerprint density at radius 1 is 1.42 bits per heavy atom. The highest BCUT2D eigenvalue weighted by Crippen LogP contribution is 2.29. The number of rotatable bonds is 5. The van der Waals surface area contributed by atoms with E-state index in [1.807, 2.05) is 36.1 Å². The largest absolute Gasteiger partial charge is 0.341 e. The number of H-pyrrole nitrogens is 1. The molecular formula is C18H26N4OS. The third-order valence-corrected chi connectivity index (χ3v) is 5.86. The number of thioether (sulfide) groups is 1. The number of nitrogens with one attached hydrogen (secondary N) is 1. The molecule has 5 nitrogen and oxygen atoms in total. The van der Waals surface area contributed by atoms with Crippen molar-refractivity contribution in [3.8, 4) is 0 Å². The lowest BCUT2D eigenvalue weighted by Gasteiger charge is -2.38. The van der Waals surface area contributed by atoms with Crippen LogP contribution in [-0.2, 0) is 4.79 Å².